The second-order valence-electron chi connectivity index (χ2n) is 3.75. The van der Waals surface area contributed by atoms with Crippen molar-refractivity contribution in [2.75, 3.05) is 12.5 Å². The Kier molecular flexibility index (Phi) is 2.46. The lowest BCUT2D eigenvalue weighted by Gasteiger charge is -2.10. The maximum atomic E-state index is 12.6. The van der Waals surface area contributed by atoms with Crippen LogP contribution in [0.4, 0.5) is 24.5 Å². The fourth-order valence-electron chi connectivity index (χ4n) is 1.75. The largest absolute Gasteiger partial charge is 0.423 e. The number of hydrogen-bond donors (Lipinski definition) is 1. The molecule has 0 saturated heterocycles. The van der Waals surface area contributed by atoms with Gasteiger partial charge in [-0.25, -0.2) is 5.01 Å². The zero-order valence-corrected chi connectivity index (χ0v) is 8.71. The van der Waals surface area contributed by atoms with Gasteiger partial charge >= 0.3 is 6.18 Å². The van der Waals surface area contributed by atoms with E-state index in [1.807, 2.05) is 0 Å². The van der Waals surface area contributed by atoms with Gasteiger partial charge in [-0.1, -0.05) is 0 Å². The molecule has 1 heterocycles. The predicted octanol–water partition coefficient (Wildman–Crippen LogP) is 2.39. The molecule has 0 unspecified atom stereocenters. The average molecular weight is 247 g/mol. The lowest BCUT2D eigenvalue weighted by Crippen LogP contribution is -2.16. The lowest BCUT2D eigenvalue weighted by atomic mass is 10.1. The highest BCUT2D eigenvalue weighted by Gasteiger charge is 2.40. The van der Waals surface area contributed by atoms with Crippen molar-refractivity contribution in [2.45, 2.75) is 12.7 Å². The van der Waals surface area contributed by atoms with E-state index >= 15 is 0 Å². The number of hydrogen-bond acceptors (Lipinski definition) is 4. The number of halogens is 3. The molecule has 1 aromatic rings. The normalized spacial score (nSPS) is 15.5. The third-order valence-electron chi connectivity index (χ3n) is 2.44. The standard InChI is InChI=1S/C9H8F3N3O2/c1-14-4-5-2-8(15(16)17)6(9(10,11)12)3-7(5)13-14/h2-3,13H,4H2,1H3. The highest BCUT2D eigenvalue weighted by Crippen LogP contribution is 2.40. The summed E-state index contributed by atoms with van der Waals surface area (Å²) in [5.41, 5.74) is 1.28. The van der Waals surface area contributed by atoms with Crippen molar-refractivity contribution in [2.24, 2.45) is 0 Å². The Labute approximate surface area is 93.9 Å². The molecule has 0 spiro atoms. The number of anilines is 1. The number of benzene rings is 1. The first-order valence-corrected chi connectivity index (χ1v) is 4.65. The van der Waals surface area contributed by atoms with Crippen LogP contribution in [0.1, 0.15) is 11.1 Å². The van der Waals surface area contributed by atoms with Crippen molar-refractivity contribution >= 4 is 11.4 Å². The Morgan fingerprint density at radius 3 is 2.65 bits per heavy atom. The Hall–Kier alpha value is -1.83. The molecule has 17 heavy (non-hydrogen) atoms. The van der Waals surface area contributed by atoms with Gasteiger partial charge in [0.1, 0.15) is 5.56 Å². The summed E-state index contributed by atoms with van der Waals surface area (Å²) < 4.78 is 37.9. The van der Waals surface area contributed by atoms with Crippen LogP contribution < -0.4 is 5.43 Å². The molecule has 0 aromatic heterocycles. The van der Waals surface area contributed by atoms with Gasteiger partial charge in [-0.2, -0.15) is 13.2 Å². The minimum absolute atomic E-state index is 0.255. The summed E-state index contributed by atoms with van der Waals surface area (Å²) >= 11 is 0. The molecular weight excluding hydrogens is 239 g/mol. The van der Waals surface area contributed by atoms with E-state index in [4.69, 9.17) is 0 Å². The van der Waals surface area contributed by atoms with Crippen LogP contribution in [0.2, 0.25) is 0 Å². The molecule has 1 N–H and O–H groups in total. The second kappa shape index (κ2) is 3.59. The van der Waals surface area contributed by atoms with Crippen molar-refractivity contribution in [1.82, 2.24) is 5.01 Å². The monoisotopic (exact) mass is 247 g/mol. The molecule has 1 aliphatic heterocycles. The predicted molar refractivity (Wildman–Crippen MR) is 53.2 cm³/mol. The summed E-state index contributed by atoms with van der Waals surface area (Å²) in [6, 6.07) is 1.74. The van der Waals surface area contributed by atoms with Gasteiger partial charge in [-0.3, -0.25) is 10.1 Å². The highest BCUT2D eigenvalue weighted by atomic mass is 19.4. The smallest absolute Gasteiger partial charge is 0.318 e. The van der Waals surface area contributed by atoms with Gasteiger partial charge in [0, 0.05) is 19.7 Å². The molecule has 0 fully saturated rings. The van der Waals surface area contributed by atoms with Crippen LogP contribution in [0, 0.1) is 10.1 Å². The Morgan fingerprint density at radius 1 is 1.47 bits per heavy atom. The van der Waals surface area contributed by atoms with Crippen LogP contribution in [0.25, 0.3) is 0 Å². The zero-order valence-electron chi connectivity index (χ0n) is 8.71. The van der Waals surface area contributed by atoms with Gasteiger partial charge in [-0.05, 0) is 11.6 Å². The third-order valence-corrected chi connectivity index (χ3v) is 2.44. The van der Waals surface area contributed by atoms with Gasteiger partial charge in [-0.15, -0.1) is 0 Å². The minimum atomic E-state index is -4.74. The number of hydrazine groups is 1. The SMILES string of the molecule is CN1Cc2cc([N+](=O)[O-])c(C(F)(F)F)cc2N1. The van der Waals surface area contributed by atoms with Crippen LogP contribution in [0.15, 0.2) is 12.1 Å². The van der Waals surface area contributed by atoms with E-state index in [9.17, 15) is 23.3 Å². The summed E-state index contributed by atoms with van der Waals surface area (Å²) in [6.07, 6.45) is -4.74. The summed E-state index contributed by atoms with van der Waals surface area (Å²) in [7, 11) is 1.64. The summed E-state index contributed by atoms with van der Waals surface area (Å²) in [4.78, 5) is 9.61. The first kappa shape index (κ1) is 11.6. The number of nitrogens with zero attached hydrogens (tertiary/aromatic N) is 2. The van der Waals surface area contributed by atoms with E-state index in [1.165, 1.54) is 0 Å². The van der Waals surface area contributed by atoms with E-state index in [0.29, 0.717) is 12.1 Å². The molecule has 0 radical (unpaired) electrons. The van der Waals surface area contributed by atoms with Gasteiger partial charge < -0.3 is 5.43 Å². The van der Waals surface area contributed by atoms with Crippen LogP contribution in [-0.4, -0.2) is 17.0 Å². The van der Waals surface area contributed by atoms with Crippen molar-refractivity contribution in [1.29, 1.82) is 0 Å². The van der Waals surface area contributed by atoms with Gasteiger partial charge in [0.25, 0.3) is 5.69 Å². The molecule has 1 aliphatic rings. The highest BCUT2D eigenvalue weighted by molar-refractivity contribution is 5.62. The number of rotatable bonds is 1. The third kappa shape index (κ3) is 2.03. The molecule has 0 bridgehead atoms. The van der Waals surface area contributed by atoms with Crippen molar-refractivity contribution in [3.05, 3.63) is 33.4 Å². The molecule has 5 nitrogen and oxygen atoms in total. The number of nitro benzene ring substituents is 1. The van der Waals surface area contributed by atoms with Gasteiger partial charge in [0.15, 0.2) is 0 Å². The summed E-state index contributed by atoms with van der Waals surface area (Å²) in [6.45, 7) is 0.328. The van der Waals surface area contributed by atoms with Crippen molar-refractivity contribution < 1.29 is 18.1 Å². The molecule has 0 atom stereocenters. The molecular formula is C9H8F3N3O2. The maximum Gasteiger partial charge on any atom is 0.423 e. The molecule has 0 saturated carbocycles. The number of alkyl halides is 3. The molecule has 0 aliphatic carbocycles. The lowest BCUT2D eigenvalue weighted by molar-refractivity contribution is -0.388. The fraction of sp³-hybridized carbons (Fsp3) is 0.333. The van der Waals surface area contributed by atoms with E-state index in [1.54, 1.807) is 12.1 Å². The topological polar surface area (TPSA) is 58.4 Å². The summed E-state index contributed by atoms with van der Waals surface area (Å²) in [5.74, 6) is 0. The van der Waals surface area contributed by atoms with Crippen LogP contribution >= 0.6 is 0 Å². The van der Waals surface area contributed by atoms with Crippen LogP contribution in [0.5, 0.6) is 0 Å². The minimum Gasteiger partial charge on any atom is -0.318 e. The van der Waals surface area contributed by atoms with E-state index in [2.05, 4.69) is 5.43 Å². The van der Waals surface area contributed by atoms with Gasteiger partial charge in [0.2, 0.25) is 0 Å². The van der Waals surface area contributed by atoms with Crippen LogP contribution in [0.3, 0.4) is 0 Å². The first-order valence-electron chi connectivity index (χ1n) is 4.65. The Balaban J connectivity index is 2.60. The summed E-state index contributed by atoms with van der Waals surface area (Å²) in [5, 5.41) is 12.2. The maximum absolute atomic E-state index is 12.6. The quantitative estimate of drug-likeness (QED) is 0.611. The van der Waals surface area contributed by atoms with Gasteiger partial charge in [0.05, 0.1) is 10.6 Å². The molecule has 0 amide bonds. The Bertz CT molecular complexity index is 487. The van der Waals surface area contributed by atoms with E-state index < -0.39 is 22.4 Å². The molecule has 2 rings (SSSR count). The van der Waals surface area contributed by atoms with Crippen LogP contribution in [-0.2, 0) is 12.7 Å². The molecule has 8 heteroatoms. The number of fused-ring (bicyclic) bond motifs is 1. The van der Waals surface area contributed by atoms with Crippen molar-refractivity contribution in [3.63, 3.8) is 0 Å². The average Bonchev–Trinajstić information content (AvgIpc) is 2.53. The van der Waals surface area contributed by atoms with Crippen molar-refractivity contribution in [3.8, 4) is 0 Å². The fourth-order valence-corrected chi connectivity index (χ4v) is 1.75. The molecule has 92 valence electrons. The molecule has 1 aromatic carbocycles. The first-order chi connectivity index (χ1) is 7.79. The number of nitro groups is 1. The second-order valence-corrected chi connectivity index (χ2v) is 3.75. The van der Waals surface area contributed by atoms with E-state index in [-0.39, 0.29) is 5.69 Å². The number of nitrogens with one attached hydrogen (secondary N) is 1. The van der Waals surface area contributed by atoms with E-state index in [0.717, 1.165) is 12.1 Å². The zero-order chi connectivity index (χ0) is 12.8. The Morgan fingerprint density at radius 2 is 2.12 bits per heavy atom.